The Balaban J connectivity index is 1.23. The van der Waals surface area contributed by atoms with Crippen LogP contribution < -0.4 is 10.2 Å². The number of likely N-dealkylation sites (N-methyl/N-ethyl adjacent to an activating group) is 1. The summed E-state index contributed by atoms with van der Waals surface area (Å²) in [4.78, 5) is 15.0. The van der Waals surface area contributed by atoms with Crippen molar-refractivity contribution in [2.45, 2.75) is 117 Å². The molecule has 1 N–H and O–H groups in total. The van der Waals surface area contributed by atoms with Crippen LogP contribution in [0.1, 0.15) is 106 Å². The highest BCUT2D eigenvalue weighted by Gasteiger charge is 2.44. The molecule has 2 heterocycles. The summed E-state index contributed by atoms with van der Waals surface area (Å²) in [5.74, 6) is 0.0558. The van der Waals surface area contributed by atoms with Gasteiger partial charge in [0.2, 0.25) is 11.6 Å². The second-order valence-corrected chi connectivity index (χ2v) is 17.5. The Bertz CT molecular complexity index is 1750. The molecule has 2 aromatic rings. The van der Waals surface area contributed by atoms with Crippen molar-refractivity contribution in [2.24, 2.45) is 0 Å². The molecule has 1 amide bonds. The molecule has 1 atom stereocenters. The van der Waals surface area contributed by atoms with Gasteiger partial charge in [0.05, 0.1) is 44.3 Å². The summed E-state index contributed by atoms with van der Waals surface area (Å²) in [6.07, 6.45) is 14.7. The lowest BCUT2D eigenvalue weighted by molar-refractivity contribution is -0.438. The first kappa shape index (κ1) is 45.1. The van der Waals surface area contributed by atoms with E-state index >= 15 is 0 Å². The summed E-state index contributed by atoms with van der Waals surface area (Å²) in [6.45, 7) is 23.8. The maximum absolute atomic E-state index is 12.6. The topological polar surface area (TPSA) is 90.1 Å². The van der Waals surface area contributed by atoms with Gasteiger partial charge in [-0.3, -0.25) is 4.79 Å². The third-order valence-electron chi connectivity index (χ3n) is 10.6. The minimum absolute atomic E-state index is 0.0440. The van der Waals surface area contributed by atoms with E-state index in [1.807, 2.05) is 0 Å². The number of para-hydroxylation sites is 2. The summed E-state index contributed by atoms with van der Waals surface area (Å²) in [7, 11) is -1.28. The van der Waals surface area contributed by atoms with Gasteiger partial charge in [0.25, 0.3) is 8.53 Å². The number of ether oxygens (including phenoxy) is 1. The summed E-state index contributed by atoms with van der Waals surface area (Å²) in [5, 5.41) is 11.9. The van der Waals surface area contributed by atoms with Crippen LogP contribution in [-0.2, 0) is 29.4 Å². The van der Waals surface area contributed by atoms with Crippen LogP contribution in [0.4, 0.5) is 11.4 Å². The predicted molar refractivity (Wildman–Crippen MR) is 232 cm³/mol. The van der Waals surface area contributed by atoms with Crippen molar-refractivity contribution in [1.82, 2.24) is 9.99 Å². The second-order valence-electron chi connectivity index (χ2n) is 16.0. The third kappa shape index (κ3) is 11.5. The maximum Gasteiger partial charge on any atom is 0.259 e. The van der Waals surface area contributed by atoms with E-state index in [2.05, 4.69) is 167 Å². The molecule has 1 unspecified atom stereocenters. The first-order valence-electron chi connectivity index (χ1n) is 20.6. The van der Waals surface area contributed by atoms with Gasteiger partial charge in [-0.1, -0.05) is 68.5 Å². The van der Waals surface area contributed by atoms with Crippen LogP contribution in [0.3, 0.4) is 0 Å². The average molecular weight is 785 g/mol. The number of anilines is 1. The predicted octanol–water partition coefficient (Wildman–Crippen LogP) is 9.86. The third-order valence-corrected chi connectivity index (χ3v) is 12.7. The van der Waals surface area contributed by atoms with Crippen molar-refractivity contribution in [1.29, 1.82) is 5.26 Å². The van der Waals surface area contributed by atoms with Crippen molar-refractivity contribution in [2.75, 3.05) is 51.0 Å². The van der Waals surface area contributed by atoms with E-state index in [0.29, 0.717) is 45.8 Å². The van der Waals surface area contributed by atoms with Crippen LogP contribution in [0.15, 0.2) is 84.6 Å². The zero-order valence-electron chi connectivity index (χ0n) is 35.5. The highest BCUT2D eigenvalue weighted by Crippen LogP contribution is 2.48. The SMILES string of the molecule is CCN1/C(=C/C=C/C=C/C2=[N+](CCCCCC(=O)NCCOCCOP(OCCC#N)N(C(C)C)C(C)C)c3ccccc3C2(C)C)C(C)(C)c2ccccc21. The lowest BCUT2D eigenvalue weighted by atomic mass is 9.81. The van der Waals surface area contributed by atoms with E-state index in [4.69, 9.17) is 19.0 Å². The molecule has 0 bridgehead atoms. The molecule has 0 aliphatic carbocycles. The van der Waals surface area contributed by atoms with Crippen molar-refractivity contribution in [3.05, 3.63) is 95.7 Å². The number of nitrogens with one attached hydrogen (secondary N) is 1. The van der Waals surface area contributed by atoms with Crippen LogP contribution in [0, 0.1) is 11.3 Å². The number of allylic oxidation sites excluding steroid dienone is 6. The highest BCUT2D eigenvalue weighted by molar-refractivity contribution is 7.44. The van der Waals surface area contributed by atoms with Crippen LogP contribution in [0.5, 0.6) is 0 Å². The molecule has 9 nitrogen and oxygen atoms in total. The zero-order chi connectivity index (χ0) is 40.7. The van der Waals surface area contributed by atoms with Crippen molar-refractivity contribution in [3.63, 3.8) is 0 Å². The molecule has 0 saturated heterocycles. The summed E-state index contributed by atoms with van der Waals surface area (Å²) >= 11 is 0. The van der Waals surface area contributed by atoms with Crippen molar-refractivity contribution in [3.8, 4) is 6.07 Å². The smallest absolute Gasteiger partial charge is 0.259 e. The molecule has 304 valence electrons. The molecular weight excluding hydrogens is 718 g/mol. The first-order chi connectivity index (χ1) is 26.9. The number of benzene rings is 2. The van der Waals surface area contributed by atoms with Gasteiger partial charge >= 0.3 is 0 Å². The summed E-state index contributed by atoms with van der Waals surface area (Å²) < 4.78 is 22.4. The van der Waals surface area contributed by atoms with Gasteiger partial charge in [-0.05, 0) is 79.0 Å². The molecular formula is C46H67N5O4P+. The van der Waals surface area contributed by atoms with Crippen molar-refractivity contribution >= 4 is 31.5 Å². The van der Waals surface area contributed by atoms with E-state index in [0.717, 1.165) is 32.4 Å². The molecule has 0 saturated carbocycles. The number of nitriles is 1. The Labute approximate surface area is 339 Å². The molecule has 0 fully saturated rings. The summed E-state index contributed by atoms with van der Waals surface area (Å²) in [5.41, 5.74) is 7.77. The minimum Gasteiger partial charge on any atom is -0.377 e. The molecule has 4 rings (SSSR count). The molecule has 2 aliphatic rings. The standard InChI is InChI=1S/C46H66N5O4P/c1-10-49-40-24-18-16-22-38(40)45(6,7)42(49)26-13-11-14-27-43-46(8,9)39-23-17-19-25-41(39)50(43)31-20-12-15-28-44(52)48-30-33-53-34-35-55-56(54-32-21-29-47)51(36(2)3)37(4)5/h11,13-14,16-19,22-27,36-37H,10,12,15,20-21,28,30-35H2,1-9H3/p+1. The fraction of sp³-hybridized carbons (Fsp3) is 0.543. The van der Waals surface area contributed by atoms with Gasteiger partial charge in [0.15, 0.2) is 5.71 Å². The molecule has 0 radical (unpaired) electrons. The van der Waals surface area contributed by atoms with Crippen molar-refractivity contribution < 1.29 is 23.2 Å². The number of nitrogens with zero attached hydrogens (tertiary/aromatic N) is 4. The molecule has 10 heteroatoms. The Hall–Kier alpha value is -3.64. The summed E-state index contributed by atoms with van der Waals surface area (Å²) in [6, 6.07) is 20.1. The van der Waals surface area contributed by atoms with Gasteiger partial charge in [-0.2, -0.15) is 9.84 Å². The largest absolute Gasteiger partial charge is 0.377 e. The van der Waals surface area contributed by atoms with E-state index in [1.165, 1.54) is 33.9 Å². The van der Waals surface area contributed by atoms with Crippen LogP contribution >= 0.6 is 8.53 Å². The fourth-order valence-corrected chi connectivity index (χ4v) is 9.47. The molecule has 2 aromatic carbocycles. The Morgan fingerprint density at radius 2 is 1.59 bits per heavy atom. The highest BCUT2D eigenvalue weighted by atomic mass is 31.2. The zero-order valence-corrected chi connectivity index (χ0v) is 36.4. The van der Waals surface area contributed by atoms with E-state index in [9.17, 15) is 4.79 Å². The Morgan fingerprint density at radius 1 is 0.893 bits per heavy atom. The quantitative estimate of drug-likeness (QED) is 0.0520. The lowest BCUT2D eigenvalue weighted by Gasteiger charge is -2.35. The molecule has 0 spiro atoms. The lowest BCUT2D eigenvalue weighted by Crippen LogP contribution is -2.34. The number of fused-ring (bicyclic) bond motifs is 2. The average Bonchev–Trinajstić information content (AvgIpc) is 3.51. The van der Waals surface area contributed by atoms with Crippen LogP contribution in [0.2, 0.25) is 0 Å². The normalized spacial score (nSPS) is 17.2. The molecule has 2 aliphatic heterocycles. The van der Waals surface area contributed by atoms with Crippen LogP contribution in [0.25, 0.3) is 0 Å². The Morgan fingerprint density at radius 3 is 2.30 bits per heavy atom. The maximum atomic E-state index is 12.6. The van der Waals surface area contributed by atoms with Gasteiger partial charge in [-0.15, -0.1) is 0 Å². The monoisotopic (exact) mass is 784 g/mol. The van der Waals surface area contributed by atoms with E-state index in [1.54, 1.807) is 0 Å². The van der Waals surface area contributed by atoms with E-state index < -0.39 is 8.53 Å². The fourth-order valence-electron chi connectivity index (χ4n) is 7.89. The number of unbranched alkanes of at least 4 members (excludes halogenated alkanes) is 2. The van der Waals surface area contributed by atoms with E-state index in [-0.39, 0.29) is 28.8 Å². The number of rotatable bonds is 23. The van der Waals surface area contributed by atoms with Gasteiger partial charge in [0.1, 0.15) is 6.54 Å². The molecule has 56 heavy (non-hydrogen) atoms. The van der Waals surface area contributed by atoms with Gasteiger partial charge in [0, 0.05) is 72.5 Å². The van der Waals surface area contributed by atoms with Crippen LogP contribution in [-0.4, -0.2) is 79.0 Å². The Kier molecular flexibility index (Phi) is 17.5. The first-order valence-corrected chi connectivity index (χ1v) is 21.7. The van der Waals surface area contributed by atoms with Gasteiger partial charge < -0.3 is 24.0 Å². The second kappa shape index (κ2) is 21.8. The van der Waals surface area contributed by atoms with Gasteiger partial charge in [-0.25, -0.2) is 4.67 Å². The number of amides is 1. The number of carbonyl (C=O) groups is 1. The number of hydrogen-bond acceptors (Lipinski definition) is 7. The minimum atomic E-state index is -1.28. The molecule has 0 aromatic heterocycles. The number of carbonyl (C=O) groups excluding carboxylic acids is 1. The number of hydrogen-bond donors (Lipinski definition) is 1.